The Hall–Kier alpha value is -3.19. The van der Waals surface area contributed by atoms with Crippen molar-refractivity contribution in [1.82, 2.24) is 14.8 Å². The summed E-state index contributed by atoms with van der Waals surface area (Å²) in [7, 11) is -7.39. The molecule has 37 heavy (non-hydrogen) atoms. The quantitative estimate of drug-likeness (QED) is 0.348. The number of hydrogen-bond donors (Lipinski definition) is 0. The molecule has 0 atom stereocenters. The van der Waals surface area contributed by atoms with E-state index in [0.29, 0.717) is 18.2 Å². The van der Waals surface area contributed by atoms with Crippen LogP contribution in [0, 0.1) is 6.92 Å². The van der Waals surface area contributed by atoms with Gasteiger partial charge >= 0.3 is 39.8 Å². The van der Waals surface area contributed by atoms with Gasteiger partial charge in [-0.05, 0) is 31.2 Å². The number of aromatic nitrogens is 3. The molecule has 0 saturated heterocycles. The van der Waals surface area contributed by atoms with Gasteiger partial charge in [-0.15, -0.1) is 23.4 Å². The van der Waals surface area contributed by atoms with Gasteiger partial charge in [-0.1, -0.05) is 0 Å². The molecule has 0 spiro atoms. The van der Waals surface area contributed by atoms with Crippen LogP contribution in [0.25, 0.3) is 11.4 Å². The fourth-order valence-electron chi connectivity index (χ4n) is 3.02. The van der Waals surface area contributed by atoms with Crippen LogP contribution < -0.4 is 4.74 Å². The maximum atomic E-state index is 14.1. The molecule has 2 aromatic rings. The molecule has 0 N–H and O–H groups in total. The number of nitrogens with zero attached hydrogens (tertiary/aromatic N) is 3. The molecule has 0 aliphatic carbocycles. The highest BCUT2D eigenvalue weighted by Gasteiger charge is 2.86. The molecule has 0 saturated carbocycles. The van der Waals surface area contributed by atoms with Gasteiger partial charge in [0.15, 0.2) is 0 Å². The third-order valence-electron chi connectivity index (χ3n) is 4.70. The third-order valence-corrected chi connectivity index (χ3v) is 5.98. The Kier molecular flexibility index (Phi) is 6.46. The third kappa shape index (κ3) is 4.65. The molecule has 1 aromatic heterocycles. The highest BCUT2D eigenvalue weighted by atomic mass is 32.2. The predicted octanol–water partition coefficient (Wildman–Crippen LogP) is 5.14. The Morgan fingerprint density at radius 3 is 2.03 bits per heavy atom. The van der Waals surface area contributed by atoms with Crippen molar-refractivity contribution in [1.29, 1.82) is 0 Å². The van der Waals surface area contributed by atoms with E-state index in [1.54, 1.807) is 0 Å². The fraction of sp³-hybridized carbons (Fsp3) is 0.412. The molecule has 0 fully saturated rings. The Morgan fingerprint density at radius 1 is 0.892 bits per heavy atom. The lowest BCUT2D eigenvalue weighted by molar-refractivity contribution is -0.382. The Morgan fingerprint density at radius 2 is 1.49 bits per heavy atom. The summed E-state index contributed by atoms with van der Waals surface area (Å²) >= 11 is 0. The number of benzene rings is 1. The van der Waals surface area contributed by atoms with Crippen LogP contribution in [0.4, 0.5) is 52.7 Å². The Bertz CT molecular complexity index is 1350. The van der Waals surface area contributed by atoms with Crippen LogP contribution in [0.3, 0.4) is 0 Å². The number of rotatable bonds is 6. The van der Waals surface area contributed by atoms with Gasteiger partial charge in [-0.25, -0.2) is 0 Å². The maximum Gasteiger partial charge on any atom is 0.573 e. The van der Waals surface area contributed by atoms with Crippen LogP contribution in [0.5, 0.6) is 5.75 Å². The fourth-order valence-corrected chi connectivity index (χ4v) is 3.96. The zero-order chi connectivity index (χ0) is 28.4. The van der Waals surface area contributed by atoms with Crippen LogP contribution in [0.2, 0.25) is 0 Å². The lowest BCUT2D eigenvalue weighted by Gasteiger charge is -2.32. The van der Waals surface area contributed by atoms with Crippen LogP contribution >= 0.6 is 0 Å². The second kappa shape index (κ2) is 8.42. The number of ether oxygens (including phenoxy) is 1. The molecular formula is C17H9F12N3O4S. The average molecular weight is 579 g/mol. The predicted molar refractivity (Wildman–Crippen MR) is 95.4 cm³/mol. The van der Waals surface area contributed by atoms with Crippen molar-refractivity contribution < 1.29 is 70.0 Å². The lowest BCUT2D eigenvalue weighted by Crippen LogP contribution is -2.63. The summed E-state index contributed by atoms with van der Waals surface area (Å²) in [5.41, 5.74) is -1.24. The topological polar surface area (TPSA) is 83.3 Å². The van der Waals surface area contributed by atoms with Gasteiger partial charge in [0.25, 0.3) is 0 Å². The first kappa shape index (κ1) is 28.4. The van der Waals surface area contributed by atoms with E-state index in [1.165, 1.54) is 6.92 Å². The normalized spacial score (nSPS) is 15.4. The molecule has 0 bridgehead atoms. The van der Waals surface area contributed by atoms with E-state index < -0.39 is 63.2 Å². The zero-order valence-corrected chi connectivity index (χ0v) is 18.3. The minimum atomic E-state index is -7.58. The molecule has 1 aromatic carbocycles. The van der Waals surface area contributed by atoms with Crippen molar-refractivity contribution in [2.75, 3.05) is 0 Å². The van der Waals surface area contributed by atoms with Crippen molar-refractivity contribution in [3.63, 3.8) is 0 Å². The van der Waals surface area contributed by atoms with Crippen molar-refractivity contribution in [2.24, 2.45) is 0 Å². The number of halogens is 12. The molecule has 1 aliphatic rings. The summed E-state index contributed by atoms with van der Waals surface area (Å²) in [6, 6.07) is 1.83. The van der Waals surface area contributed by atoms with Crippen molar-refractivity contribution in [3.05, 3.63) is 41.5 Å². The minimum Gasteiger partial charge on any atom is -0.406 e. The summed E-state index contributed by atoms with van der Waals surface area (Å²) in [5, 5.41) is 0.0843. The van der Waals surface area contributed by atoms with E-state index in [0.717, 1.165) is 10.6 Å². The first-order valence-corrected chi connectivity index (χ1v) is 10.6. The summed E-state index contributed by atoms with van der Waals surface area (Å²) in [4.78, 5) is 0. The number of allylic oxidation sites excluding steroid dienone is 1. The van der Waals surface area contributed by atoms with Crippen LogP contribution in [-0.4, -0.2) is 52.8 Å². The largest absolute Gasteiger partial charge is 0.573 e. The smallest absolute Gasteiger partial charge is 0.406 e. The average Bonchev–Trinajstić information content (AvgIpc) is 3.01. The maximum absolute atomic E-state index is 14.1. The monoisotopic (exact) mass is 579 g/mol. The molecule has 0 unspecified atom stereocenters. The summed E-state index contributed by atoms with van der Waals surface area (Å²) < 4.78 is 190. The SMILES string of the molecule is Cc1nnc2n1-c1ccc(OC(F)(F)F)cc1C(OS(=O)(=O)C(F)(F)C(F)(F)C(F)(F)C(F)(F)F)=CC2. The number of aryl methyl sites for hydroxylation is 1. The molecule has 20 heteroatoms. The highest BCUT2D eigenvalue weighted by Crippen LogP contribution is 2.55. The van der Waals surface area contributed by atoms with E-state index in [-0.39, 0.29) is 17.3 Å². The second-order valence-electron chi connectivity index (χ2n) is 7.20. The van der Waals surface area contributed by atoms with E-state index in [4.69, 9.17) is 0 Å². The first-order valence-electron chi connectivity index (χ1n) is 9.19. The summed E-state index contributed by atoms with van der Waals surface area (Å²) in [6.07, 6.45) is -12.7. The standard InChI is InChI=1S/C17H9F12N3O4S/c1-7-30-31-12-5-4-11(9-6-8(35-17(27,28)29)2-3-10(9)32(7)12)36-37(33,34)16(25,26)14(20,21)13(18,19)15(22,23)24/h2-4,6H,5H2,1H3. The van der Waals surface area contributed by atoms with Gasteiger partial charge in [0.1, 0.15) is 23.2 Å². The van der Waals surface area contributed by atoms with Crippen molar-refractivity contribution in [3.8, 4) is 11.4 Å². The Labute approximate surface area is 197 Å². The Balaban J connectivity index is 2.14. The van der Waals surface area contributed by atoms with E-state index in [9.17, 15) is 61.1 Å². The van der Waals surface area contributed by atoms with E-state index in [1.807, 2.05) is 0 Å². The summed E-state index contributed by atoms with van der Waals surface area (Å²) in [6.45, 7) is 1.29. The highest BCUT2D eigenvalue weighted by molar-refractivity contribution is 7.88. The van der Waals surface area contributed by atoms with Gasteiger partial charge in [0.2, 0.25) is 0 Å². The number of hydrogen-bond acceptors (Lipinski definition) is 6. The molecule has 7 nitrogen and oxygen atoms in total. The van der Waals surface area contributed by atoms with Gasteiger partial charge in [-0.3, -0.25) is 4.57 Å². The molecule has 2 heterocycles. The van der Waals surface area contributed by atoms with Crippen LogP contribution in [0.15, 0.2) is 24.3 Å². The number of alkyl halides is 12. The van der Waals surface area contributed by atoms with Crippen LogP contribution in [0.1, 0.15) is 17.2 Å². The van der Waals surface area contributed by atoms with Crippen molar-refractivity contribution >= 4 is 15.9 Å². The van der Waals surface area contributed by atoms with E-state index >= 15 is 0 Å². The number of fused-ring (bicyclic) bond motifs is 3. The molecule has 206 valence electrons. The molecule has 0 amide bonds. The zero-order valence-electron chi connectivity index (χ0n) is 17.4. The lowest BCUT2D eigenvalue weighted by atomic mass is 10.1. The van der Waals surface area contributed by atoms with Gasteiger partial charge in [0, 0.05) is 12.0 Å². The first-order chi connectivity index (χ1) is 16.5. The van der Waals surface area contributed by atoms with Gasteiger partial charge in [-0.2, -0.15) is 47.9 Å². The molecular weight excluding hydrogens is 570 g/mol. The second-order valence-corrected chi connectivity index (χ2v) is 8.79. The molecule has 0 radical (unpaired) electrons. The van der Waals surface area contributed by atoms with Gasteiger partial charge < -0.3 is 8.92 Å². The van der Waals surface area contributed by atoms with Crippen LogP contribution in [-0.2, 0) is 20.7 Å². The molecule has 3 rings (SSSR count). The van der Waals surface area contributed by atoms with E-state index in [2.05, 4.69) is 19.1 Å². The van der Waals surface area contributed by atoms with Gasteiger partial charge in [0.05, 0.1) is 5.69 Å². The summed E-state index contributed by atoms with van der Waals surface area (Å²) in [5.74, 6) is -17.8. The van der Waals surface area contributed by atoms with Crippen molar-refractivity contribution in [2.45, 2.75) is 43.0 Å². The molecule has 1 aliphatic heterocycles. The minimum absolute atomic E-state index is 0.0000653.